The Bertz CT molecular complexity index is 475. The number of halogens is 1. The Hall–Kier alpha value is -0.400. The van der Waals surface area contributed by atoms with Crippen LogP contribution in [0.4, 0.5) is 0 Å². The molecule has 5 heteroatoms. The number of carboxylic acid groups (broad SMARTS) is 1. The summed E-state index contributed by atoms with van der Waals surface area (Å²) >= 11 is 2.34. The van der Waals surface area contributed by atoms with Crippen molar-refractivity contribution in [1.82, 2.24) is 0 Å². The van der Waals surface area contributed by atoms with Crippen molar-refractivity contribution in [2.24, 2.45) is 17.8 Å². The third-order valence-electron chi connectivity index (χ3n) is 5.33. The van der Waals surface area contributed by atoms with E-state index in [0.29, 0.717) is 18.3 Å². The van der Waals surface area contributed by atoms with Gasteiger partial charge in [0.15, 0.2) is 0 Å². The van der Waals surface area contributed by atoms with Crippen molar-refractivity contribution >= 4 is 28.6 Å². The molecule has 0 amide bonds. The van der Waals surface area contributed by atoms with Gasteiger partial charge in [-0.3, -0.25) is 4.79 Å². The van der Waals surface area contributed by atoms with Gasteiger partial charge >= 0.3 is 5.97 Å². The molecule has 150 valence electrons. The molecule has 1 rings (SSSR count). The molecule has 1 aliphatic rings. The molecule has 5 atom stereocenters. The normalized spacial score (nSPS) is 28.0. The summed E-state index contributed by atoms with van der Waals surface area (Å²) in [6.45, 7) is 4.34. The molecule has 4 nitrogen and oxygen atoms in total. The first-order chi connectivity index (χ1) is 12.3. The minimum absolute atomic E-state index is 0.0861. The van der Waals surface area contributed by atoms with Crippen molar-refractivity contribution in [3.8, 4) is 0 Å². The molecule has 3 N–H and O–H groups in total. The van der Waals surface area contributed by atoms with Crippen molar-refractivity contribution in [3.05, 3.63) is 21.8 Å². The van der Waals surface area contributed by atoms with Crippen LogP contribution >= 0.6 is 22.6 Å². The van der Waals surface area contributed by atoms with Crippen LogP contribution in [-0.4, -0.2) is 33.5 Å². The third kappa shape index (κ3) is 9.00. The molecule has 0 bridgehead atoms. The van der Waals surface area contributed by atoms with Gasteiger partial charge in [0.1, 0.15) is 0 Å². The van der Waals surface area contributed by atoms with Gasteiger partial charge in [0.2, 0.25) is 0 Å². The first-order valence-corrected chi connectivity index (χ1v) is 11.0. The van der Waals surface area contributed by atoms with E-state index < -0.39 is 12.1 Å². The smallest absolute Gasteiger partial charge is 0.303 e. The monoisotopic (exact) mass is 478 g/mol. The minimum Gasteiger partial charge on any atom is -0.481 e. The molecular weight excluding hydrogens is 443 g/mol. The number of carboxylic acids is 1. The maximum absolute atomic E-state index is 10.6. The van der Waals surface area contributed by atoms with Crippen LogP contribution in [-0.2, 0) is 4.79 Å². The summed E-state index contributed by atoms with van der Waals surface area (Å²) in [5, 5.41) is 29.2. The zero-order valence-electron chi connectivity index (χ0n) is 16.1. The van der Waals surface area contributed by atoms with Gasteiger partial charge in [-0.05, 0) is 70.1 Å². The van der Waals surface area contributed by atoms with E-state index in [1.165, 1.54) is 3.58 Å². The van der Waals surface area contributed by atoms with Crippen LogP contribution in [0.2, 0.25) is 0 Å². The Labute approximate surface area is 171 Å². The van der Waals surface area contributed by atoms with Crippen molar-refractivity contribution in [2.75, 3.05) is 0 Å². The fourth-order valence-corrected chi connectivity index (χ4v) is 4.58. The first kappa shape index (κ1) is 23.6. The quantitative estimate of drug-likeness (QED) is 0.208. The van der Waals surface area contributed by atoms with Gasteiger partial charge in [-0.1, -0.05) is 51.3 Å². The van der Waals surface area contributed by atoms with Crippen LogP contribution in [0.15, 0.2) is 21.8 Å². The predicted octanol–water partition coefficient (Wildman–Crippen LogP) is 5.08. The highest BCUT2D eigenvalue weighted by molar-refractivity contribution is 14.1. The van der Waals surface area contributed by atoms with Crippen molar-refractivity contribution in [1.29, 1.82) is 0 Å². The molecule has 0 aromatic heterocycles. The van der Waals surface area contributed by atoms with Crippen molar-refractivity contribution in [3.63, 3.8) is 0 Å². The summed E-state index contributed by atoms with van der Waals surface area (Å²) in [5.41, 5.74) is 0. The number of carbonyl (C=O) groups is 1. The number of aliphatic hydroxyl groups excluding tert-OH is 2. The second-order valence-electron chi connectivity index (χ2n) is 7.61. The number of unbranched alkanes of at least 4 members (excludes halogenated alkanes) is 3. The Morgan fingerprint density at radius 3 is 2.69 bits per heavy atom. The topological polar surface area (TPSA) is 77.8 Å². The van der Waals surface area contributed by atoms with Gasteiger partial charge in [-0.15, -0.1) is 0 Å². The average Bonchev–Trinajstić information content (AvgIpc) is 2.83. The summed E-state index contributed by atoms with van der Waals surface area (Å²) in [5.74, 6) is 0.146. The number of aliphatic carboxylic acids is 1. The Morgan fingerprint density at radius 2 is 2.04 bits per heavy atom. The number of hydrogen-bond donors (Lipinski definition) is 3. The third-order valence-corrected chi connectivity index (χ3v) is 6.21. The number of allylic oxidation sites excluding steroid dienone is 2. The summed E-state index contributed by atoms with van der Waals surface area (Å²) in [6, 6.07) is 0. The van der Waals surface area contributed by atoms with Gasteiger partial charge in [0.05, 0.1) is 12.2 Å². The van der Waals surface area contributed by atoms with E-state index in [4.69, 9.17) is 5.11 Å². The largest absolute Gasteiger partial charge is 0.481 e. The maximum atomic E-state index is 10.6. The second-order valence-corrected chi connectivity index (χ2v) is 9.00. The summed E-state index contributed by atoms with van der Waals surface area (Å²) in [4.78, 5) is 10.6. The van der Waals surface area contributed by atoms with E-state index in [2.05, 4.69) is 42.5 Å². The highest BCUT2D eigenvalue weighted by atomic mass is 127. The molecule has 0 saturated heterocycles. The molecule has 26 heavy (non-hydrogen) atoms. The zero-order chi connectivity index (χ0) is 19.5. The molecule has 0 radical (unpaired) electrons. The van der Waals surface area contributed by atoms with Crippen LogP contribution in [0.5, 0.6) is 0 Å². The van der Waals surface area contributed by atoms with Crippen LogP contribution in [0.25, 0.3) is 0 Å². The van der Waals surface area contributed by atoms with Gasteiger partial charge < -0.3 is 15.3 Å². The number of rotatable bonds is 12. The molecule has 1 aliphatic carbocycles. The molecule has 0 aliphatic heterocycles. The van der Waals surface area contributed by atoms with Crippen LogP contribution in [0.1, 0.15) is 71.6 Å². The lowest BCUT2D eigenvalue weighted by Gasteiger charge is -2.22. The summed E-state index contributed by atoms with van der Waals surface area (Å²) in [7, 11) is 0. The van der Waals surface area contributed by atoms with Gasteiger partial charge in [-0.2, -0.15) is 0 Å². The zero-order valence-corrected chi connectivity index (χ0v) is 18.3. The van der Waals surface area contributed by atoms with E-state index in [0.717, 1.165) is 44.9 Å². The molecule has 1 saturated carbocycles. The minimum atomic E-state index is -0.747. The molecule has 0 aromatic rings. The Kier molecular flexibility index (Phi) is 11.7. The molecule has 0 spiro atoms. The van der Waals surface area contributed by atoms with Gasteiger partial charge in [0.25, 0.3) is 0 Å². The molecule has 1 fully saturated rings. The number of aliphatic hydroxyl groups is 2. The fourth-order valence-electron chi connectivity index (χ4n) is 3.76. The van der Waals surface area contributed by atoms with E-state index in [9.17, 15) is 15.0 Å². The standard InChI is InChI=1S/C21H35IO4/c1-3-4-5-9-17(23)11-12-18-19(15(2)13-20(18)24)14-16(22)8-6-7-10-21(25)26/h8,11-12,15,17-20,23-24H,3-7,9-10,13-14H2,1-2H3,(H,25,26)/b12-11+,16-8-/t15-,17-,18+,19-,20+/m0/s1. The highest BCUT2D eigenvalue weighted by Crippen LogP contribution is 2.42. The van der Waals surface area contributed by atoms with E-state index in [-0.39, 0.29) is 18.4 Å². The van der Waals surface area contributed by atoms with Crippen LogP contribution in [0, 0.1) is 17.8 Å². The lowest BCUT2D eigenvalue weighted by atomic mass is 9.86. The summed E-state index contributed by atoms with van der Waals surface area (Å²) < 4.78 is 1.24. The van der Waals surface area contributed by atoms with E-state index in [1.54, 1.807) is 0 Å². The first-order valence-electron chi connectivity index (χ1n) is 9.95. The molecular formula is C21H35IO4. The molecule has 0 heterocycles. The van der Waals surface area contributed by atoms with Crippen molar-refractivity contribution in [2.45, 2.75) is 83.8 Å². The Balaban J connectivity index is 2.57. The van der Waals surface area contributed by atoms with E-state index in [1.807, 2.05) is 12.2 Å². The number of hydrogen-bond acceptors (Lipinski definition) is 3. The fraction of sp³-hybridized carbons (Fsp3) is 0.762. The molecule has 0 aromatic carbocycles. The lowest BCUT2D eigenvalue weighted by molar-refractivity contribution is -0.137. The van der Waals surface area contributed by atoms with Crippen LogP contribution in [0.3, 0.4) is 0 Å². The lowest BCUT2D eigenvalue weighted by Crippen LogP contribution is -2.19. The van der Waals surface area contributed by atoms with Gasteiger partial charge in [0, 0.05) is 12.3 Å². The van der Waals surface area contributed by atoms with E-state index >= 15 is 0 Å². The second kappa shape index (κ2) is 12.9. The maximum Gasteiger partial charge on any atom is 0.303 e. The average molecular weight is 478 g/mol. The van der Waals surface area contributed by atoms with Gasteiger partial charge in [-0.25, -0.2) is 0 Å². The van der Waals surface area contributed by atoms with Crippen molar-refractivity contribution < 1.29 is 20.1 Å². The van der Waals surface area contributed by atoms with Crippen LogP contribution < -0.4 is 0 Å². The predicted molar refractivity (Wildman–Crippen MR) is 114 cm³/mol. The highest BCUT2D eigenvalue weighted by Gasteiger charge is 2.38. The summed E-state index contributed by atoms with van der Waals surface area (Å²) in [6.07, 6.45) is 12.7. The molecule has 0 unspecified atom stereocenters. The Morgan fingerprint density at radius 1 is 1.31 bits per heavy atom. The SMILES string of the molecule is CCCCC[C@H](O)/C=C/[C@@H]1[C@@H](C/C(I)=C/CCCC(=O)O)[C@@H](C)C[C@H]1O.